The van der Waals surface area contributed by atoms with Crippen molar-refractivity contribution in [1.82, 2.24) is 4.90 Å². The lowest BCUT2D eigenvalue weighted by Crippen LogP contribution is -2.46. The summed E-state index contributed by atoms with van der Waals surface area (Å²) in [5.74, 6) is -1.64. The van der Waals surface area contributed by atoms with Crippen LogP contribution in [0.15, 0.2) is 18.2 Å². The Morgan fingerprint density at radius 1 is 1.42 bits per heavy atom. The number of rotatable bonds is 3. The van der Waals surface area contributed by atoms with E-state index in [9.17, 15) is 13.6 Å². The Balaban J connectivity index is 2.00. The quantitative estimate of drug-likeness (QED) is 0.778. The molecular formula is C13H15F2NO3. The molecule has 1 aromatic carbocycles. The van der Waals surface area contributed by atoms with E-state index in [0.29, 0.717) is 31.8 Å². The minimum Gasteiger partial charge on any atom is -0.467 e. The fraction of sp³-hybridized carbons (Fsp3) is 0.462. The van der Waals surface area contributed by atoms with Crippen LogP contribution in [0, 0.1) is 11.6 Å². The summed E-state index contributed by atoms with van der Waals surface area (Å²) in [6, 6.07) is 3.40. The monoisotopic (exact) mass is 271 g/mol. The van der Waals surface area contributed by atoms with Crippen LogP contribution in [0.2, 0.25) is 0 Å². The standard InChI is InChI=1S/C13H15F2NO3/c1-18-13(17)12-8-16(2-3-19-12)7-9-4-10(14)6-11(15)5-9/h4-6,12H,2-3,7-8H2,1H3. The zero-order valence-electron chi connectivity index (χ0n) is 10.6. The van der Waals surface area contributed by atoms with Gasteiger partial charge in [-0.2, -0.15) is 0 Å². The van der Waals surface area contributed by atoms with Crippen molar-refractivity contribution in [2.45, 2.75) is 12.6 Å². The summed E-state index contributed by atoms with van der Waals surface area (Å²) in [4.78, 5) is 13.3. The normalized spacial score (nSPS) is 20.3. The lowest BCUT2D eigenvalue weighted by Gasteiger charge is -2.31. The SMILES string of the molecule is COC(=O)C1CN(Cc2cc(F)cc(F)c2)CCO1. The first-order valence-electron chi connectivity index (χ1n) is 5.95. The van der Waals surface area contributed by atoms with Gasteiger partial charge in [0, 0.05) is 25.7 Å². The molecule has 0 N–H and O–H groups in total. The summed E-state index contributed by atoms with van der Waals surface area (Å²) in [6.45, 7) is 1.71. The van der Waals surface area contributed by atoms with Crippen LogP contribution in [0.25, 0.3) is 0 Å². The molecule has 1 unspecified atom stereocenters. The van der Waals surface area contributed by atoms with Gasteiger partial charge in [-0.3, -0.25) is 4.90 Å². The largest absolute Gasteiger partial charge is 0.467 e. The molecule has 0 aliphatic carbocycles. The van der Waals surface area contributed by atoms with Crippen molar-refractivity contribution >= 4 is 5.97 Å². The molecule has 1 aliphatic heterocycles. The Morgan fingerprint density at radius 2 is 2.11 bits per heavy atom. The molecule has 1 heterocycles. The molecule has 0 spiro atoms. The van der Waals surface area contributed by atoms with Crippen LogP contribution >= 0.6 is 0 Å². The first-order valence-corrected chi connectivity index (χ1v) is 5.95. The average molecular weight is 271 g/mol. The number of ether oxygens (including phenoxy) is 2. The van der Waals surface area contributed by atoms with E-state index in [2.05, 4.69) is 4.74 Å². The lowest BCUT2D eigenvalue weighted by atomic mass is 10.1. The molecule has 1 fully saturated rings. The molecule has 0 bridgehead atoms. The predicted octanol–water partition coefficient (Wildman–Crippen LogP) is 1.34. The molecule has 1 saturated heterocycles. The first-order chi connectivity index (χ1) is 9.08. The molecule has 0 radical (unpaired) electrons. The van der Waals surface area contributed by atoms with E-state index in [-0.39, 0.29) is 0 Å². The van der Waals surface area contributed by atoms with Crippen molar-refractivity contribution in [3.63, 3.8) is 0 Å². The summed E-state index contributed by atoms with van der Waals surface area (Å²) in [6.07, 6.45) is -0.642. The third-order valence-corrected chi connectivity index (χ3v) is 2.94. The third-order valence-electron chi connectivity index (χ3n) is 2.94. The second-order valence-corrected chi connectivity index (χ2v) is 4.40. The van der Waals surface area contributed by atoms with Gasteiger partial charge < -0.3 is 9.47 Å². The van der Waals surface area contributed by atoms with Crippen LogP contribution < -0.4 is 0 Å². The van der Waals surface area contributed by atoms with Crippen molar-refractivity contribution in [3.8, 4) is 0 Å². The average Bonchev–Trinajstić information content (AvgIpc) is 2.37. The van der Waals surface area contributed by atoms with Crippen molar-refractivity contribution < 1.29 is 23.0 Å². The van der Waals surface area contributed by atoms with Crippen molar-refractivity contribution in [3.05, 3.63) is 35.4 Å². The molecule has 1 aromatic rings. The van der Waals surface area contributed by atoms with E-state index >= 15 is 0 Å². The Kier molecular flexibility index (Phi) is 4.44. The van der Waals surface area contributed by atoms with Gasteiger partial charge >= 0.3 is 5.97 Å². The van der Waals surface area contributed by atoms with Crippen molar-refractivity contribution in [1.29, 1.82) is 0 Å². The predicted molar refractivity (Wildman–Crippen MR) is 63.4 cm³/mol. The highest BCUT2D eigenvalue weighted by Crippen LogP contribution is 2.14. The summed E-state index contributed by atoms with van der Waals surface area (Å²) in [7, 11) is 1.30. The second kappa shape index (κ2) is 6.08. The van der Waals surface area contributed by atoms with E-state index in [0.717, 1.165) is 6.07 Å². The van der Waals surface area contributed by atoms with Gasteiger partial charge in [-0.1, -0.05) is 0 Å². The minimum atomic E-state index is -0.642. The van der Waals surface area contributed by atoms with Crippen molar-refractivity contribution in [2.24, 2.45) is 0 Å². The molecule has 2 rings (SSSR count). The fourth-order valence-electron chi connectivity index (χ4n) is 2.08. The molecule has 0 amide bonds. The van der Waals surface area contributed by atoms with Crippen LogP contribution in [-0.2, 0) is 20.8 Å². The van der Waals surface area contributed by atoms with Gasteiger partial charge in [0.05, 0.1) is 13.7 Å². The highest BCUT2D eigenvalue weighted by Gasteiger charge is 2.27. The van der Waals surface area contributed by atoms with Gasteiger partial charge in [0.1, 0.15) is 11.6 Å². The Labute approximate surface area is 109 Å². The topological polar surface area (TPSA) is 38.8 Å². The van der Waals surface area contributed by atoms with Gasteiger partial charge in [0.15, 0.2) is 6.10 Å². The summed E-state index contributed by atoms with van der Waals surface area (Å²) in [5.41, 5.74) is 0.531. The number of esters is 1. The van der Waals surface area contributed by atoms with E-state index in [4.69, 9.17) is 4.74 Å². The van der Waals surface area contributed by atoms with Crippen LogP contribution in [-0.4, -0.2) is 43.8 Å². The molecule has 0 saturated carbocycles. The smallest absolute Gasteiger partial charge is 0.336 e. The fourth-order valence-corrected chi connectivity index (χ4v) is 2.08. The summed E-state index contributed by atoms with van der Waals surface area (Å²) < 4.78 is 36.1. The summed E-state index contributed by atoms with van der Waals surface area (Å²) >= 11 is 0. The van der Waals surface area contributed by atoms with Crippen LogP contribution in [0.1, 0.15) is 5.56 Å². The maximum absolute atomic E-state index is 13.1. The maximum atomic E-state index is 13.1. The van der Waals surface area contributed by atoms with E-state index in [1.165, 1.54) is 19.2 Å². The first kappa shape index (κ1) is 13.9. The molecule has 6 heteroatoms. The van der Waals surface area contributed by atoms with E-state index in [1.807, 2.05) is 4.90 Å². The molecule has 19 heavy (non-hydrogen) atoms. The van der Waals surface area contributed by atoms with Crippen LogP contribution in [0.5, 0.6) is 0 Å². The highest BCUT2D eigenvalue weighted by atomic mass is 19.1. The van der Waals surface area contributed by atoms with Crippen molar-refractivity contribution in [2.75, 3.05) is 26.8 Å². The molecule has 1 aliphatic rings. The second-order valence-electron chi connectivity index (χ2n) is 4.40. The molecular weight excluding hydrogens is 256 g/mol. The number of benzene rings is 1. The number of hydrogen-bond donors (Lipinski definition) is 0. The zero-order valence-corrected chi connectivity index (χ0v) is 10.6. The Hall–Kier alpha value is -1.53. The number of hydrogen-bond acceptors (Lipinski definition) is 4. The third kappa shape index (κ3) is 3.71. The van der Waals surface area contributed by atoms with Gasteiger partial charge in [0.2, 0.25) is 0 Å². The minimum absolute atomic E-state index is 0.352. The number of morpholine rings is 1. The van der Waals surface area contributed by atoms with E-state index < -0.39 is 23.7 Å². The van der Waals surface area contributed by atoms with Gasteiger partial charge in [-0.05, 0) is 17.7 Å². The lowest BCUT2D eigenvalue weighted by molar-refractivity contribution is -0.160. The Bertz CT molecular complexity index is 447. The zero-order chi connectivity index (χ0) is 13.8. The molecule has 104 valence electrons. The molecule has 0 aromatic heterocycles. The number of halogens is 2. The van der Waals surface area contributed by atoms with Gasteiger partial charge in [-0.15, -0.1) is 0 Å². The highest BCUT2D eigenvalue weighted by molar-refractivity contribution is 5.74. The number of carbonyl (C=O) groups excluding carboxylic acids is 1. The summed E-state index contributed by atoms with van der Waals surface area (Å²) in [5, 5.41) is 0. The Morgan fingerprint density at radius 3 is 2.74 bits per heavy atom. The van der Waals surface area contributed by atoms with E-state index in [1.54, 1.807) is 0 Å². The maximum Gasteiger partial charge on any atom is 0.336 e. The molecule has 4 nitrogen and oxygen atoms in total. The van der Waals surface area contributed by atoms with Crippen LogP contribution in [0.4, 0.5) is 8.78 Å². The van der Waals surface area contributed by atoms with Crippen LogP contribution in [0.3, 0.4) is 0 Å². The molecule has 1 atom stereocenters. The number of carbonyl (C=O) groups is 1. The number of methoxy groups -OCH3 is 1. The van der Waals surface area contributed by atoms with Gasteiger partial charge in [0.25, 0.3) is 0 Å². The number of nitrogens with zero attached hydrogens (tertiary/aromatic N) is 1. The van der Waals surface area contributed by atoms with Gasteiger partial charge in [-0.25, -0.2) is 13.6 Å².